The maximum Gasteiger partial charge on any atom is 0.305 e. The van der Waals surface area contributed by atoms with Crippen molar-refractivity contribution in [3.63, 3.8) is 0 Å². The Bertz CT molecular complexity index is 400. The highest BCUT2D eigenvalue weighted by atomic mass is 16.5. The molecule has 0 aliphatic heterocycles. The van der Waals surface area contributed by atoms with Crippen molar-refractivity contribution in [1.29, 1.82) is 0 Å². The lowest BCUT2D eigenvalue weighted by Gasteiger charge is -2.06. The summed E-state index contributed by atoms with van der Waals surface area (Å²) in [4.78, 5) is 11.7. The molecule has 0 atom stereocenters. The minimum atomic E-state index is 0.00915. The topological polar surface area (TPSA) is 26.3 Å². The van der Waals surface area contributed by atoms with Crippen LogP contribution in [-0.2, 0) is 9.53 Å². The van der Waals surface area contributed by atoms with Gasteiger partial charge in [-0.15, -0.1) is 0 Å². The molecule has 0 saturated heterocycles. The van der Waals surface area contributed by atoms with Crippen LogP contribution in [0.25, 0.3) is 0 Å². The molecule has 0 fully saturated rings. The average Bonchev–Trinajstić information content (AvgIpc) is 2.77. The highest BCUT2D eigenvalue weighted by molar-refractivity contribution is 5.69. The zero-order valence-electron chi connectivity index (χ0n) is 22.3. The maximum atomic E-state index is 11.7. The third-order valence-electron chi connectivity index (χ3n) is 6.33. The first kappa shape index (κ1) is 31.2. The quantitative estimate of drug-likeness (QED) is 0.0785. The lowest BCUT2D eigenvalue weighted by Crippen LogP contribution is -2.05. The Kier molecular flexibility index (Phi) is 25.8. The summed E-state index contributed by atoms with van der Waals surface area (Å²) in [5.74, 6) is 0.791. The van der Waals surface area contributed by atoms with E-state index in [9.17, 15) is 4.79 Å². The molecule has 0 aliphatic carbocycles. The Morgan fingerprint density at radius 2 is 1.09 bits per heavy atom. The summed E-state index contributed by atoms with van der Waals surface area (Å²) < 4.78 is 5.34. The number of rotatable bonds is 25. The van der Waals surface area contributed by atoms with Crippen LogP contribution < -0.4 is 0 Å². The van der Waals surface area contributed by atoms with E-state index in [2.05, 4.69) is 32.9 Å². The number of carbonyl (C=O) groups is 1. The predicted molar refractivity (Wildman–Crippen MR) is 142 cm³/mol. The molecule has 0 bridgehead atoms. The van der Waals surface area contributed by atoms with Crippen LogP contribution in [0.2, 0.25) is 0 Å². The van der Waals surface area contributed by atoms with Gasteiger partial charge in [0.05, 0.1) is 6.61 Å². The standard InChI is InChI=1S/C30H58O2/c1-4-5-6-7-8-9-10-11-12-13-14-15-16-17-18-19-20-21-24-27-30(31)32-28-25-22-23-26-29(2)3/h11-12,29H,4-10,13-28H2,1-3H3/b12-11+. The van der Waals surface area contributed by atoms with E-state index in [0.29, 0.717) is 13.0 Å². The first-order valence-electron chi connectivity index (χ1n) is 14.5. The van der Waals surface area contributed by atoms with E-state index in [0.717, 1.165) is 18.8 Å². The van der Waals surface area contributed by atoms with E-state index in [-0.39, 0.29) is 5.97 Å². The van der Waals surface area contributed by atoms with Gasteiger partial charge in [-0.3, -0.25) is 4.79 Å². The van der Waals surface area contributed by atoms with Crippen molar-refractivity contribution in [2.45, 2.75) is 162 Å². The van der Waals surface area contributed by atoms with Gasteiger partial charge < -0.3 is 4.74 Å². The lowest BCUT2D eigenvalue weighted by atomic mass is 10.1. The van der Waals surface area contributed by atoms with Crippen LogP contribution in [0.1, 0.15) is 162 Å². The number of unbranched alkanes of at least 4 members (excludes halogenated alkanes) is 17. The molecule has 0 radical (unpaired) electrons. The molecular weight excluding hydrogens is 392 g/mol. The number of hydrogen-bond donors (Lipinski definition) is 0. The highest BCUT2D eigenvalue weighted by Crippen LogP contribution is 2.13. The molecule has 32 heavy (non-hydrogen) atoms. The minimum Gasteiger partial charge on any atom is -0.466 e. The first-order chi connectivity index (χ1) is 15.7. The molecule has 2 heteroatoms. The van der Waals surface area contributed by atoms with Crippen molar-refractivity contribution < 1.29 is 9.53 Å². The molecule has 0 aliphatic rings. The molecule has 0 aromatic carbocycles. The Hall–Kier alpha value is -0.790. The van der Waals surface area contributed by atoms with Crippen molar-refractivity contribution in [1.82, 2.24) is 0 Å². The van der Waals surface area contributed by atoms with Gasteiger partial charge in [-0.1, -0.05) is 129 Å². The summed E-state index contributed by atoms with van der Waals surface area (Å²) in [5, 5.41) is 0. The molecule has 0 unspecified atom stereocenters. The van der Waals surface area contributed by atoms with E-state index in [1.54, 1.807) is 0 Å². The van der Waals surface area contributed by atoms with Crippen molar-refractivity contribution >= 4 is 5.97 Å². The van der Waals surface area contributed by atoms with Gasteiger partial charge in [0, 0.05) is 6.42 Å². The Labute approximate surface area is 202 Å². The Morgan fingerprint density at radius 3 is 1.62 bits per heavy atom. The second-order valence-corrected chi connectivity index (χ2v) is 10.2. The van der Waals surface area contributed by atoms with E-state index < -0.39 is 0 Å². The number of esters is 1. The van der Waals surface area contributed by atoms with Crippen LogP contribution in [0.4, 0.5) is 0 Å². The van der Waals surface area contributed by atoms with Gasteiger partial charge >= 0.3 is 5.97 Å². The Balaban J connectivity index is 3.18. The molecule has 0 rings (SSSR count). The van der Waals surface area contributed by atoms with E-state index in [1.165, 1.54) is 122 Å². The van der Waals surface area contributed by atoms with E-state index in [1.807, 2.05) is 0 Å². The second kappa shape index (κ2) is 26.5. The van der Waals surface area contributed by atoms with Crippen LogP contribution in [0, 0.1) is 5.92 Å². The third-order valence-corrected chi connectivity index (χ3v) is 6.33. The summed E-state index contributed by atoms with van der Waals surface area (Å²) in [7, 11) is 0. The van der Waals surface area contributed by atoms with Gasteiger partial charge in [-0.25, -0.2) is 0 Å². The van der Waals surface area contributed by atoms with Crippen molar-refractivity contribution in [3.05, 3.63) is 12.2 Å². The molecule has 0 heterocycles. The molecular formula is C30H58O2. The fourth-order valence-electron chi connectivity index (χ4n) is 4.14. The van der Waals surface area contributed by atoms with Crippen molar-refractivity contribution in [2.75, 3.05) is 6.61 Å². The van der Waals surface area contributed by atoms with Gasteiger partial charge in [0.2, 0.25) is 0 Å². The van der Waals surface area contributed by atoms with Gasteiger partial charge in [0.25, 0.3) is 0 Å². The number of ether oxygens (including phenoxy) is 1. The molecule has 0 saturated carbocycles. The van der Waals surface area contributed by atoms with E-state index >= 15 is 0 Å². The molecule has 190 valence electrons. The van der Waals surface area contributed by atoms with Crippen LogP contribution in [0.5, 0.6) is 0 Å². The molecule has 0 N–H and O–H groups in total. The van der Waals surface area contributed by atoms with Crippen LogP contribution in [0.15, 0.2) is 12.2 Å². The van der Waals surface area contributed by atoms with Gasteiger partial charge in [-0.2, -0.15) is 0 Å². The summed E-state index contributed by atoms with van der Waals surface area (Å²) in [6.45, 7) is 7.42. The second-order valence-electron chi connectivity index (χ2n) is 10.2. The largest absolute Gasteiger partial charge is 0.466 e. The molecule has 0 spiro atoms. The SMILES string of the molecule is CCCCCCCC/C=C/CCCCCCCCCCCC(=O)OCCCCCC(C)C. The van der Waals surface area contributed by atoms with Gasteiger partial charge in [0.15, 0.2) is 0 Å². The summed E-state index contributed by atoms with van der Waals surface area (Å²) in [6, 6.07) is 0. The summed E-state index contributed by atoms with van der Waals surface area (Å²) >= 11 is 0. The zero-order chi connectivity index (χ0) is 23.5. The van der Waals surface area contributed by atoms with Crippen molar-refractivity contribution in [2.24, 2.45) is 5.92 Å². The molecule has 0 aromatic heterocycles. The summed E-state index contributed by atoms with van der Waals surface area (Å²) in [6.07, 6.45) is 32.7. The fraction of sp³-hybridized carbons (Fsp3) is 0.900. The Morgan fingerprint density at radius 1 is 0.625 bits per heavy atom. The summed E-state index contributed by atoms with van der Waals surface area (Å²) in [5.41, 5.74) is 0. The average molecular weight is 451 g/mol. The van der Waals surface area contributed by atoms with E-state index in [4.69, 9.17) is 4.74 Å². The minimum absolute atomic E-state index is 0.00915. The lowest BCUT2D eigenvalue weighted by molar-refractivity contribution is -0.143. The van der Waals surface area contributed by atoms with Crippen LogP contribution in [0.3, 0.4) is 0 Å². The van der Waals surface area contributed by atoms with Gasteiger partial charge in [0.1, 0.15) is 0 Å². The third kappa shape index (κ3) is 27.2. The number of carbonyl (C=O) groups excluding carboxylic acids is 1. The van der Waals surface area contributed by atoms with Crippen molar-refractivity contribution in [3.8, 4) is 0 Å². The molecule has 0 amide bonds. The predicted octanol–water partition coefficient (Wildman–Crippen LogP) is 10.3. The first-order valence-corrected chi connectivity index (χ1v) is 14.5. The highest BCUT2D eigenvalue weighted by Gasteiger charge is 2.03. The zero-order valence-corrected chi connectivity index (χ0v) is 22.3. The fourth-order valence-corrected chi connectivity index (χ4v) is 4.14. The molecule has 2 nitrogen and oxygen atoms in total. The number of hydrogen-bond acceptors (Lipinski definition) is 2. The van der Waals surface area contributed by atoms with Crippen LogP contribution >= 0.6 is 0 Å². The monoisotopic (exact) mass is 450 g/mol. The van der Waals surface area contributed by atoms with Gasteiger partial charge in [-0.05, 0) is 44.4 Å². The molecule has 0 aromatic rings. The number of allylic oxidation sites excluding steroid dienone is 2. The smallest absolute Gasteiger partial charge is 0.305 e. The maximum absolute atomic E-state index is 11.7. The normalized spacial score (nSPS) is 11.6. The van der Waals surface area contributed by atoms with Crippen LogP contribution in [-0.4, -0.2) is 12.6 Å².